The van der Waals surface area contributed by atoms with Crippen molar-refractivity contribution >= 4 is 30.1 Å². The molecular weight excluding hydrogens is 444 g/mol. The lowest BCUT2D eigenvalue weighted by molar-refractivity contribution is -0.151. The highest BCUT2D eigenvalue weighted by molar-refractivity contribution is 5.94. The number of hydrogen-bond acceptors (Lipinski definition) is 6. The Morgan fingerprint density at radius 2 is 1.88 bits per heavy atom. The van der Waals surface area contributed by atoms with E-state index in [-0.39, 0.29) is 54.6 Å². The van der Waals surface area contributed by atoms with Gasteiger partial charge in [-0.25, -0.2) is 0 Å². The van der Waals surface area contributed by atoms with Gasteiger partial charge in [-0.3, -0.25) is 20.0 Å². The second kappa shape index (κ2) is 11.1. The summed E-state index contributed by atoms with van der Waals surface area (Å²) < 4.78 is 11.3. The molecular formula is C24H29ClN4O4. The van der Waals surface area contributed by atoms with Gasteiger partial charge in [0.15, 0.2) is 0 Å². The molecule has 0 bridgehead atoms. The molecule has 9 heteroatoms. The van der Waals surface area contributed by atoms with E-state index >= 15 is 0 Å². The summed E-state index contributed by atoms with van der Waals surface area (Å²) in [7, 11) is 0. The van der Waals surface area contributed by atoms with Crippen molar-refractivity contribution in [1.82, 2.24) is 10.3 Å². The standard InChI is InChI=1S/C24H28N4O4.ClH/c25-23(26)16-7-10-21(27-13-16)15-5-8-19(9-6-15)31-14-18-11-17(24(30)28-18)12-22(29)32-20-3-1-2-4-20;/h5-10,13,17-18,20H,1-4,11-12,14H2,(H3,25,26)(H,28,30);1H/t17-,18-;/m0./s1. The molecule has 1 aliphatic heterocycles. The van der Waals surface area contributed by atoms with E-state index in [1.54, 1.807) is 12.3 Å². The average molecular weight is 473 g/mol. The molecule has 8 nitrogen and oxygen atoms in total. The van der Waals surface area contributed by atoms with E-state index in [4.69, 9.17) is 20.6 Å². The van der Waals surface area contributed by atoms with Crippen LogP contribution in [0.3, 0.4) is 0 Å². The minimum absolute atomic E-state index is 0. The number of halogens is 1. The first-order chi connectivity index (χ1) is 15.5. The van der Waals surface area contributed by atoms with E-state index in [1.165, 1.54) is 0 Å². The first kappa shape index (κ1) is 24.5. The Hall–Kier alpha value is -3.13. The number of nitrogens with zero attached hydrogens (tertiary/aromatic N) is 1. The van der Waals surface area contributed by atoms with E-state index in [9.17, 15) is 9.59 Å². The number of nitrogens with one attached hydrogen (secondary N) is 2. The van der Waals surface area contributed by atoms with Crippen molar-refractivity contribution in [2.45, 2.75) is 50.7 Å². The van der Waals surface area contributed by atoms with Crippen LogP contribution in [0.4, 0.5) is 0 Å². The second-order valence-electron chi connectivity index (χ2n) is 8.42. The number of hydrogen-bond donors (Lipinski definition) is 3. The van der Waals surface area contributed by atoms with Crippen LogP contribution < -0.4 is 15.8 Å². The van der Waals surface area contributed by atoms with Gasteiger partial charge in [0.2, 0.25) is 5.91 Å². The van der Waals surface area contributed by atoms with Crippen LogP contribution in [0.25, 0.3) is 11.3 Å². The van der Waals surface area contributed by atoms with Crippen LogP contribution in [-0.2, 0) is 14.3 Å². The number of carbonyl (C=O) groups is 2. The predicted octanol–water partition coefficient (Wildman–Crippen LogP) is 3.21. The molecule has 0 radical (unpaired) electrons. The lowest BCUT2D eigenvalue weighted by Gasteiger charge is -2.13. The Labute approximate surface area is 199 Å². The van der Waals surface area contributed by atoms with Crippen LogP contribution in [0.2, 0.25) is 0 Å². The molecule has 0 spiro atoms. The number of pyridine rings is 1. The van der Waals surface area contributed by atoms with E-state index in [0.29, 0.717) is 24.3 Å². The zero-order chi connectivity index (χ0) is 22.5. The average Bonchev–Trinajstić information content (AvgIpc) is 3.42. The third-order valence-corrected chi connectivity index (χ3v) is 5.98. The Morgan fingerprint density at radius 1 is 1.15 bits per heavy atom. The van der Waals surface area contributed by atoms with Crippen LogP contribution in [0.5, 0.6) is 5.75 Å². The molecule has 1 aromatic heterocycles. The van der Waals surface area contributed by atoms with Gasteiger partial charge in [0.05, 0.1) is 24.1 Å². The van der Waals surface area contributed by atoms with Gasteiger partial charge >= 0.3 is 5.97 Å². The van der Waals surface area contributed by atoms with Crippen LogP contribution in [0, 0.1) is 11.3 Å². The Kier molecular flexibility index (Phi) is 8.27. The summed E-state index contributed by atoms with van der Waals surface area (Å²) in [5, 5.41) is 10.3. The second-order valence-corrected chi connectivity index (χ2v) is 8.42. The maximum Gasteiger partial charge on any atom is 0.306 e. The van der Waals surface area contributed by atoms with Crippen molar-refractivity contribution in [2.75, 3.05) is 6.61 Å². The Bertz CT molecular complexity index is 975. The predicted molar refractivity (Wildman–Crippen MR) is 126 cm³/mol. The molecule has 2 aromatic rings. The quantitative estimate of drug-likeness (QED) is 0.307. The minimum Gasteiger partial charge on any atom is -0.491 e. The number of esters is 1. The number of ether oxygens (including phenoxy) is 2. The zero-order valence-corrected chi connectivity index (χ0v) is 19.1. The number of aromatic nitrogens is 1. The Morgan fingerprint density at radius 3 is 2.52 bits per heavy atom. The third-order valence-electron chi connectivity index (χ3n) is 5.98. The van der Waals surface area contributed by atoms with E-state index in [2.05, 4.69) is 10.3 Å². The molecule has 1 saturated heterocycles. The SMILES string of the molecule is Cl.N=C(N)c1ccc(-c2ccc(OC[C@@H]3C[C@@H](CC(=O)OC4CCCC4)C(=O)N3)cc2)nc1. The topological polar surface area (TPSA) is 127 Å². The number of rotatable bonds is 8. The van der Waals surface area contributed by atoms with Crippen LogP contribution in [-0.4, -0.2) is 41.4 Å². The molecule has 33 heavy (non-hydrogen) atoms. The highest BCUT2D eigenvalue weighted by atomic mass is 35.5. The molecule has 2 atom stereocenters. The lowest BCUT2D eigenvalue weighted by atomic mass is 10.0. The number of carbonyl (C=O) groups excluding carboxylic acids is 2. The van der Waals surface area contributed by atoms with Crippen molar-refractivity contribution in [3.8, 4) is 17.0 Å². The molecule has 1 aromatic carbocycles. The number of amidine groups is 1. The maximum absolute atomic E-state index is 12.2. The Balaban J connectivity index is 0.00000306. The van der Waals surface area contributed by atoms with Gasteiger partial charge in [0.25, 0.3) is 0 Å². The fraction of sp³-hybridized carbons (Fsp3) is 0.417. The first-order valence-corrected chi connectivity index (χ1v) is 11.0. The fourth-order valence-electron chi connectivity index (χ4n) is 4.20. The monoisotopic (exact) mass is 472 g/mol. The first-order valence-electron chi connectivity index (χ1n) is 11.0. The highest BCUT2D eigenvalue weighted by Gasteiger charge is 2.34. The van der Waals surface area contributed by atoms with E-state index < -0.39 is 0 Å². The van der Waals surface area contributed by atoms with E-state index in [1.807, 2.05) is 30.3 Å². The van der Waals surface area contributed by atoms with Crippen LogP contribution in [0.1, 0.15) is 44.1 Å². The highest BCUT2D eigenvalue weighted by Crippen LogP contribution is 2.25. The molecule has 0 unspecified atom stereocenters. The van der Waals surface area contributed by atoms with Crippen molar-refractivity contribution in [1.29, 1.82) is 5.41 Å². The summed E-state index contributed by atoms with van der Waals surface area (Å²) in [6.45, 7) is 0.338. The minimum atomic E-state index is -0.357. The van der Waals surface area contributed by atoms with Gasteiger partial charge in [-0.15, -0.1) is 12.4 Å². The van der Waals surface area contributed by atoms with Gasteiger partial charge in [0, 0.05) is 17.3 Å². The van der Waals surface area contributed by atoms with Crippen molar-refractivity contribution in [2.24, 2.45) is 11.7 Å². The number of benzene rings is 1. The summed E-state index contributed by atoms with van der Waals surface area (Å²) in [5.74, 6) is -0.0762. The molecule has 4 N–H and O–H groups in total. The fourth-order valence-corrected chi connectivity index (χ4v) is 4.20. The smallest absolute Gasteiger partial charge is 0.306 e. The summed E-state index contributed by atoms with van der Waals surface area (Å²) in [4.78, 5) is 28.7. The molecule has 1 amide bonds. The van der Waals surface area contributed by atoms with Gasteiger partial charge in [-0.1, -0.05) is 0 Å². The molecule has 1 aliphatic carbocycles. The molecule has 176 valence electrons. The summed E-state index contributed by atoms with van der Waals surface area (Å²) >= 11 is 0. The van der Waals surface area contributed by atoms with Gasteiger partial charge < -0.3 is 20.5 Å². The van der Waals surface area contributed by atoms with Gasteiger partial charge in [0.1, 0.15) is 24.3 Å². The lowest BCUT2D eigenvalue weighted by Crippen LogP contribution is -2.31. The van der Waals surface area contributed by atoms with Crippen LogP contribution in [0.15, 0.2) is 42.6 Å². The third kappa shape index (κ3) is 6.44. The molecule has 2 fully saturated rings. The van der Waals surface area contributed by atoms with Crippen molar-refractivity contribution in [3.05, 3.63) is 48.2 Å². The largest absolute Gasteiger partial charge is 0.491 e. The molecule has 2 aliphatic rings. The molecule has 4 rings (SSSR count). The summed E-state index contributed by atoms with van der Waals surface area (Å²) in [6.07, 6.45) is 6.35. The van der Waals surface area contributed by atoms with Gasteiger partial charge in [-0.2, -0.15) is 0 Å². The van der Waals surface area contributed by atoms with Gasteiger partial charge in [-0.05, 0) is 68.5 Å². The van der Waals surface area contributed by atoms with Crippen molar-refractivity contribution in [3.63, 3.8) is 0 Å². The summed E-state index contributed by atoms with van der Waals surface area (Å²) in [5.41, 5.74) is 7.73. The zero-order valence-electron chi connectivity index (χ0n) is 18.3. The van der Waals surface area contributed by atoms with Crippen LogP contribution >= 0.6 is 12.4 Å². The summed E-state index contributed by atoms with van der Waals surface area (Å²) in [6, 6.07) is 11.0. The number of nitrogen functional groups attached to an aromatic ring is 1. The molecule has 1 saturated carbocycles. The molecule has 2 heterocycles. The normalized spacial score (nSPS) is 20.1. The van der Waals surface area contributed by atoms with E-state index in [0.717, 1.165) is 36.9 Å². The van der Waals surface area contributed by atoms with Crippen molar-refractivity contribution < 1.29 is 19.1 Å². The maximum atomic E-state index is 12.2. The number of amides is 1. The number of nitrogens with two attached hydrogens (primary N) is 1.